The van der Waals surface area contributed by atoms with Crippen LogP contribution in [0.25, 0.3) is 0 Å². The highest BCUT2D eigenvalue weighted by atomic mass is 16.2. The first-order valence-electron chi connectivity index (χ1n) is 5.43. The van der Waals surface area contributed by atoms with Gasteiger partial charge in [-0.1, -0.05) is 20.8 Å². The summed E-state index contributed by atoms with van der Waals surface area (Å²) >= 11 is 0. The molecule has 0 aromatic carbocycles. The highest BCUT2D eigenvalue weighted by Crippen LogP contribution is 2.14. The molecule has 0 saturated heterocycles. The zero-order valence-electron chi connectivity index (χ0n) is 10.2. The van der Waals surface area contributed by atoms with Crippen molar-refractivity contribution in [3.05, 3.63) is 0 Å². The first-order chi connectivity index (χ1) is 6.82. The molecule has 0 amide bonds. The molecule has 3 nitrogen and oxygen atoms in total. The van der Waals surface area contributed by atoms with E-state index in [4.69, 9.17) is 0 Å². The Bertz CT molecular complexity index is 266. The summed E-state index contributed by atoms with van der Waals surface area (Å²) in [5, 5.41) is 0. The predicted molar refractivity (Wildman–Crippen MR) is 58.5 cm³/mol. The summed E-state index contributed by atoms with van der Waals surface area (Å²) in [5.41, 5.74) is 0. The van der Waals surface area contributed by atoms with Gasteiger partial charge >= 0.3 is 0 Å². The van der Waals surface area contributed by atoms with Crippen LogP contribution in [-0.4, -0.2) is 17.3 Å². The molecule has 0 aliphatic carbocycles. The molecule has 0 aliphatic heterocycles. The number of hydrogen-bond donors (Lipinski definition) is 0. The molecule has 0 heterocycles. The van der Waals surface area contributed by atoms with Crippen LogP contribution in [0.3, 0.4) is 0 Å². The van der Waals surface area contributed by atoms with Gasteiger partial charge in [0.1, 0.15) is 11.6 Å². The molecule has 86 valence electrons. The molecule has 0 fully saturated rings. The van der Waals surface area contributed by atoms with E-state index in [2.05, 4.69) is 0 Å². The molecule has 2 unspecified atom stereocenters. The van der Waals surface area contributed by atoms with E-state index in [-0.39, 0.29) is 23.3 Å². The van der Waals surface area contributed by atoms with Crippen molar-refractivity contribution in [3.8, 4) is 0 Å². The van der Waals surface area contributed by atoms with Crippen molar-refractivity contribution in [1.82, 2.24) is 0 Å². The minimum atomic E-state index is -0.657. The van der Waals surface area contributed by atoms with E-state index in [1.54, 1.807) is 34.6 Å². The Labute approximate surface area is 91.2 Å². The summed E-state index contributed by atoms with van der Waals surface area (Å²) in [6, 6.07) is 0. The smallest absolute Gasteiger partial charge is 0.153 e. The molecule has 0 N–H and O–H groups in total. The van der Waals surface area contributed by atoms with E-state index in [1.807, 2.05) is 0 Å². The van der Waals surface area contributed by atoms with Gasteiger partial charge in [-0.2, -0.15) is 0 Å². The SMILES string of the molecule is CCC(=O)C(C)C(=O)C(C)C(=O)C(C)C. The van der Waals surface area contributed by atoms with Gasteiger partial charge in [0.15, 0.2) is 5.78 Å². The second-order valence-corrected chi connectivity index (χ2v) is 4.22. The van der Waals surface area contributed by atoms with Crippen molar-refractivity contribution in [2.24, 2.45) is 17.8 Å². The van der Waals surface area contributed by atoms with Crippen LogP contribution in [0.1, 0.15) is 41.0 Å². The zero-order valence-corrected chi connectivity index (χ0v) is 10.2. The third-order valence-corrected chi connectivity index (χ3v) is 2.68. The minimum Gasteiger partial charge on any atom is -0.299 e. The van der Waals surface area contributed by atoms with E-state index in [0.29, 0.717) is 6.42 Å². The molecule has 0 radical (unpaired) electrons. The van der Waals surface area contributed by atoms with Crippen molar-refractivity contribution in [2.75, 3.05) is 0 Å². The van der Waals surface area contributed by atoms with Gasteiger partial charge in [-0.05, 0) is 13.8 Å². The summed E-state index contributed by atoms with van der Waals surface area (Å²) in [5.74, 6) is -1.89. The Morgan fingerprint density at radius 2 is 1.33 bits per heavy atom. The quantitative estimate of drug-likeness (QED) is 0.633. The van der Waals surface area contributed by atoms with Crippen LogP contribution in [0.2, 0.25) is 0 Å². The lowest BCUT2D eigenvalue weighted by Gasteiger charge is -2.15. The molecule has 3 heteroatoms. The fourth-order valence-corrected chi connectivity index (χ4v) is 1.48. The fourth-order valence-electron chi connectivity index (χ4n) is 1.48. The molecule has 2 atom stereocenters. The summed E-state index contributed by atoms with van der Waals surface area (Å²) in [6.07, 6.45) is 0.343. The highest BCUT2D eigenvalue weighted by Gasteiger charge is 2.30. The summed E-state index contributed by atoms with van der Waals surface area (Å²) in [7, 11) is 0. The normalized spacial score (nSPS) is 14.8. The van der Waals surface area contributed by atoms with Crippen molar-refractivity contribution >= 4 is 17.3 Å². The summed E-state index contributed by atoms with van der Waals surface area (Å²) in [4.78, 5) is 34.6. The predicted octanol–water partition coefficient (Wildman–Crippen LogP) is 2.03. The molecule has 0 bridgehead atoms. The average molecular weight is 212 g/mol. The standard InChI is InChI=1S/C12H20O3/c1-6-10(13)8(4)12(15)9(5)11(14)7(2)3/h7-9H,6H2,1-5H3. The van der Waals surface area contributed by atoms with Gasteiger partial charge < -0.3 is 0 Å². The number of rotatable bonds is 6. The topological polar surface area (TPSA) is 51.2 Å². The number of hydrogen-bond acceptors (Lipinski definition) is 3. The van der Waals surface area contributed by atoms with E-state index in [0.717, 1.165) is 0 Å². The number of Topliss-reactive ketones (excluding diaryl/α,β-unsaturated/α-hetero) is 3. The van der Waals surface area contributed by atoms with Crippen LogP contribution in [0.15, 0.2) is 0 Å². The second-order valence-electron chi connectivity index (χ2n) is 4.22. The van der Waals surface area contributed by atoms with Crippen molar-refractivity contribution in [2.45, 2.75) is 41.0 Å². The Morgan fingerprint density at radius 3 is 1.67 bits per heavy atom. The lowest BCUT2D eigenvalue weighted by atomic mass is 9.85. The van der Waals surface area contributed by atoms with Crippen LogP contribution in [0.5, 0.6) is 0 Å². The first-order valence-corrected chi connectivity index (χ1v) is 5.43. The molecular weight excluding hydrogens is 192 g/mol. The molecule has 0 aromatic rings. The maximum Gasteiger partial charge on any atom is 0.153 e. The first kappa shape index (κ1) is 14.0. The Balaban J connectivity index is 4.58. The van der Waals surface area contributed by atoms with Crippen molar-refractivity contribution in [3.63, 3.8) is 0 Å². The lowest BCUT2D eigenvalue weighted by molar-refractivity contribution is -0.138. The Kier molecular flexibility index (Phi) is 5.40. The highest BCUT2D eigenvalue weighted by molar-refractivity contribution is 6.11. The second kappa shape index (κ2) is 5.79. The molecule has 0 spiro atoms. The van der Waals surface area contributed by atoms with Gasteiger partial charge in [0.25, 0.3) is 0 Å². The Morgan fingerprint density at radius 1 is 0.867 bits per heavy atom. The van der Waals surface area contributed by atoms with E-state index in [1.165, 1.54) is 0 Å². The maximum absolute atomic E-state index is 11.7. The van der Waals surface area contributed by atoms with E-state index in [9.17, 15) is 14.4 Å². The Hall–Kier alpha value is -0.990. The largest absolute Gasteiger partial charge is 0.299 e. The van der Waals surface area contributed by atoms with Crippen LogP contribution in [0, 0.1) is 17.8 Å². The number of ketones is 3. The molecule has 15 heavy (non-hydrogen) atoms. The van der Waals surface area contributed by atoms with Crippen LogP contribution >= 0.6 is 0 Å². The van der Waals surface area contributed by atoms with Gasteiger partial charge in [-0.25, -0.2) is 0 Å². The summed E-state index contributed by atoms with van der Waals surface area (Å²) < 4.78 is 0. The van der Waals surface area contributed by atoms with E-state index < -0.39 is 11.8 Å². The fraction of sp³-hybridized carbons (Fsp3) is 0.750. The van der Waals surface area contributed by atoms with Crippen molar-refractivity contribution < 1.29 is 14.4 Å². The van der Waals surface area contributed by atoms with Gasteiger partial charge in [0, 0.05) is 12.3 Å². The van der Waals surface area contributed by atoms with Gasteiger partial charge in [-0.3, -0.25) is 14.4 Å². The molecule has 0 aromatic heterocycles. The van der Waals surface area contributed by atoms with Gasteiger partial charge in [0.2, 0.25) is 0 Å². The van der Waals surface area contributed by atoms with Crippen molar-refractivity contribution in [1.29, 1.82) is 0 Å². The monoisotopic (exact) mass is 212 g/mol. The summed E-state index contributed by atoms with van der Waals surface area (Å²) in [6.45, 7) is 8.42. The zero-order chi connectivity index (χ0) is 12.2. The lowest BCUT2D eigenvalue weighted by Crippen LogP contribution is -2.32. The van der Waals surface area contributed by atoms with Gasteiger partial charge in [-0.15, -0.1) is 0 Å². The van der Waals surface area contributed by atoms with Crippen LogP contribution < -0.4 is 0 Å². The van der Waals surface area contributed by atoms with Crippen LogP contribution in [0.4, 0.5) is 0 Å². The molecule has 0 saturated carbocycles. The number of carbonyl (C=O) groups excluding carboxylic acids is 3. The third-order valence-electron chi connectivity index (χ3n) is 2.68. The molecule has 0 rings (SSSR count). The van der Waals surface area contributed by atoms with Gasteiger partial charge in [0.05, 0.1) is 11.8 Å². The van der Waals surface area contributed by atoms with E-state index >= 15 is 0 Å². The number of carbonyl (C=O) groups is 3. The maximum atomic E-state index is 11.7. The molecule has 0 aliphatic rings. The van der Waals surface area contributed by atoms with Crippen LogP contribution in [-0.2, 0) is 14.4 Å². The average Bonchev–Trinajstić information content (AvgIpc) is 2.23. The third kappa shape index (κ3) is 3.57. The molecular formula is C12H20O3. The minimum absolute atomic E-state index is 0.0873.